The summed E-state index contributed by atoms with van der Waals surface area (Å²) in [7, 11) is 0. The standard InChI is InChI=1S/C30H39ClN2/c1-22(32-28-11-13-33(14-12-28)20-23-5-3-2-4-6-23)29-16-24-15-25(17-29)19-30(18-24,21-29)26-7-9-27(31)10-8-26/h2-10,22,24-25,28,32H,11-21H2,1H3/t22-,24-,25+,29?,30?/m0/s1. The van der Waals surface area contributed by atoms with Crippen LogP contribution in [0.2, 0.25) is 5.02 Å². The minimum atomic E-state index is 0.393. The molecule has 1 aliphatic heterocycles. The summed E-state index contributed by atoms with van der Waals surface area (Å²) in [5, 5.41) is 5.06. The van der Waals surface area contributed by atoms with Gasteiger partial charge in [0.1, 0.15) is 0 Å². The van der Waals surface area contributed by atoms with Crippen LogP contribution in [0.3, 0.4) is 0 Å². The highest BCUT2D eigenvalue weighted by Crippen LogP contribution is 2.66. The Bertz CT molecular complexity index is 933. The average molecular weight is 463 g/mol. The van der Waals surface area contributed by atoms with Gasteiger partial charge in [0.05, 0.1) is 0 Å². The van der Waals surface area contributed by atoms with Crippen molar-refractivity contribution in [2.45, 2.75) is 82.3 Å². The van der Waals surface area contributed by atoms with E-state index in [-0.39, 0.29) is 0 Å². The number of benzene rings is 2. The van der Waals surface area contributed by atoms with Crippen molar-refractivity contribution >= 4 is 11.6 Å². The molecule has 1 saturated heterocycles. The van der Waals surface area contributed by atoms with Crippen LogP contribution in [0.25, 0.3) is 0 Å². The molecule has 2 aromatic carbocycles. The molecule has 5 atom stereocenters. The van der Waals surface area contributed by atoms with Crippen molar-refractivity contribution in [2.24, 2.45) is 17.3 Å². The molecule has 4 saturated carbocycles. The quantitative estimate of drug-likeness (QED) is 0.506. The van der Waals surface area contributed by atoms with Gasteiger partial charge in [-0.3, -0.25) is 4.90 Å². The third-order valence-electron chi connectivity index (χ3n) is 9.80. The van der Waals surface area contributed by atoms with E-state index < -0.39 is 0 Å². The Balaban J connectivity index is 1.12. The van der Waals surface area contributed by atoms with Crippen LogP contribution in [-0.2, 0) is 12.0 Å². The van der Waals surface area contributed by atoms with Crippen LogP contribution in [0.4, 0.5) is 0 Å². The monoisotopic (exact) mass is 462 g/mol. The van der Waals surface area contributed by atoms with Gasteiger partial charge in [-0.15, -0.1) is 0 Å². The lowest BCUT2D eigenvalue weighted by molar-refractivity contribution is -0.0904. The van der Waals surface area contributed by atoms with E-state index in [1.54, 1.807) is 5.56 Å². The number of rotatable bonds is 6. The molecule has 176 valence electrons. The molecule has 0 amide bonds. The molecular formula is C30H39ClN2. The Hall–Kier alpha value is -1.35. The molecule has 0 radical (unpaired) electrons. The predicted molar refractivity (Wildman–Crippen MR) is 138 cm³/mol. The Labute approximate surface area is 205 Å². The maximum absolute atomic E-state index is 6.25. The molecule has 7 rings (SSSR count). The Morgan fingerprint density at radius 2 is 1.61 bits per heavy atom. The van der Waals surface area contributed by atoms with Crippen LogP contribution in [0.1, 0.15) is 69.4 Å². The topological polar surface area (TPSA) is 15.3 Å². The fraction of sp³-hybridized carbons (Fsp3) is 0.600. The molecule has 1 N–H and O–H groups in total. The SMILES string of the molecule is C[C@H](NC1CCN(Cc2ccccc2)CC1)C12C[C@@H]3C[C@@H](CC(c4ccc(Cl)cc4)(C3)C1)C2. The molecular weight excluding hydrogens is 424 g/mol. The van der Waals surface area contributed by atoms with Gasteiger partial charge >= 0.3 is 0 Å². The molecule has 3 heteroatoms. The molecule has 2 nitrogen and oxygen atoms in total. The second-order valence-electron chi connectivity index (χ2n) is 12.0. The minimum Gasteiger partial charge on any atom is -0.311 e. The number of halogens is 1. The third kappa shape index (κ3) is 4.28. The van der Waals surface area contributed by atoms with E-state index in [1.165, 1.54) is 70.0 Å². The van der Waals surface area contributed by atoms with E-state index in [9.17, 15) is 0 Å². The van der Waals surface area contributed by atoms with Gasteiger partial charge in [0.2, 0.25) is 0 Å². The Kier molecular flexibility index (Phi) is 5.84. The van der Waals surface area contributed by atoms with Gasteiger partial charge in [0, 0.05) is 23.7 Å². The number of nitrogens with one attached hydrogen (secondary N) is 1. The summed E-state index contributed by atoms with van der Waals surface area (Å²) in [5.74, 6) is 1.83. The predicted octanol–water partition coefficient (Wildman–Crippen LogP) is 6.82. The average Bonchev–Trinajstić information content (AvgIpc) is 2.80. The maximum Gasteiger partial charge on any atom is 0.0406 e. The van der Waals surface area contributed by atoms with Crippen LogP contribution in [0.15, 0.2) is 54.6 Å². The first kappa shape index (κ1) is 22.1. The van der Waals surface area contributed by atoms with Crippen LogP contribution in [-0.4, -0.2) is 30.1 Å². The summed E-state index contributed by atoms with van der Waals surface area (Å²) in [5.41, 5.74) is 3.87. The van der Waals surface area contributed by atoms with Crippen LogP contribution in [0.5, 0.6) is 0 Å². The van der Waals surface area contributed by atoms with Crippen molar-refractivity contribution < 1.29 is 0 Å². The van der Waals surface area contributed by atoms with Gasteiger partial charge in [-0.1, -0.05) is 54.1 Å². The largest absolute Gasteiger partial charge is 0.311 e. The molecule has 5 aliphatic rings. The first-order valence-corrected chi connectivity index (χ1v) is 13.7. The van der Waals surface area contributed by atoms with E-state index in [0.29, 0.717) is 22.9 Å². The Morgan fingerprint density at radius 3 is 2.27 bits per heavy atom. The molecule has 4 bridgehead atoms. The van der Waals surface area contributed by atoms with E-state index in [1.807, 2.05) is 0 Å². The van der Waals surface area contributed by atoms with Crippen molar-refractivity contribution in [1.29, 1.82) is 0 Å². The highest BCUT2D eigenvalue weighted by atomic mass is 35.5. The first-order chi connectivity index (χ1) is 16.0. The fourth-order valence-electron chi connectivity index (χ4n) is 8.61. The minimum absolute atomic E-state index is 0.393. The third-order valence-corrected chi connectivity index (χ3v) is 10.1. The lowest BCUT2D eigenvalue weighted by atomic mass is 9.41. The van der Waals surface area contributed by atoms with Gasteiger partial charge in [-0.2, -0.15) is 0 Å². The maximum atomic E-state index is 6.25. The second kappa shape index (κ2) is 8.70. The number of piperidine rings is 1. The van der Waals surface area contributed by atoms with Crippen LogP contribution in [0, 0.1) is 17.3 Å². The van der Waals surface area contributed by atoms with E-state index in [2.05, 4.69) is 71.7 Å². The zero-order chi connectivity index (χ0) is 22.5. The highest BCUT2D eigenvalue weighted by molar-refractivity contribution is 6.30. The zero-order valence-electron chi connectivity index (χ0n) is 20.1. The molecule has 2 unspecified atom stereocenters. The van der Waals surface area contributed by atoms with Crippen molar-refractivity contribution in [1.82, 2.24) is 10.2 Å². The number of hydrogen-bond acceptors (Lipinski definition) is 2. The van der Waals surface area contributed by atoms with Gasteiger partial charge in [-0.05, 0) is 117 Å². The first-order valence-electron chi connectivity index (χ1n) is 13.3. The molecule has 5 fully saturated rings. The summed E-state index contributed by atoms with van der Waals surface area (Å²) in [6, 6.07) is 21.1. The second-order valence-corrected chi connectivity index (χ2v) is 12.5. The van der Waals surface area contributed by atoms with E-state index in [0.717, 1.165) is 23.4 Å². The fourth-order valence-corrected chi connectivity index (χ4v) is 8.74. The summed E-state index contributed by atoms with van der Waals surface area (Å²) in [6.45, 7) is 6.05. The molecule has 1 heterocycles. The van der Waals surface area contributed by atoms with Crippen molar-refractivity contribution in [2.75, 3.05) is 13.1 Å². The van der Waals surface area contributed by atoms with Crippen molar-refractivity contribution in [3.05, 3.63) is 70.7 Å². The normalized spacial score (nSPS) is 35.1. The van der Waals surface area contributed by atoms with Crippen molar-refractivity contribution in [3.8, 4) is 0 Å². The summed E-state index contributed by atoms with van der Waals surface area (Å²) >= 11 is 6.25. The lowest BCUT2D eigenvalue weighted by Gasteiger charge is -2.64. The van der Waals surface area contributed by atoms with Crippen LogP contribution < -0.4 is 5.32 Å². The highest BCUT2D eigenvalue weighted by Gasteiger charge is 2.59. The van der Waals surface area contributed by atoms with Gasteiger partial charge in [0.25, 0.3) is 0 Å². The Morgan fingerprint density at radius 1 is 0.939 bits per heavy atom. The van der Waals surface area contributed by atoms with Gasteiger partial charge in [0.15, 0.2) is 0 Å². The molecule has 2 aromatic rings. The molecule has 4 aliphatic carbocycles. The number of hydrogen-bond donors (Lipinski definition) is 1. The lowest BCUT2D eigenvalue weighted by Crippen LogP contribution is -2.61. The van der Waals surface area contributed by atoms with Gasteiger partial charge in [-0.25, -0.2) is 0 Å². The molecule has 0 aromatic heterocycles. The van der Waals surface area contributed by atoms with E-state index >= 15 is 0 Å². The zero-order valence-corrected chi connectivity index (χ0v) is 20.9. The summed E-state index contributed by atoms with van der Waals surface area (Å²) < 4.78 is 0. The summed E-state index contributed by atoms with van der Waals surface area (Å²) in [6.07, 6.45) is 11.1. The van der Waals surface area contributed by atoms with Crippen molar-refractivity contribution in [3.63, 3.8) is 0 Å². The summed E-state index contributed by atoms with van der Waals surface area (Å²) in [4.78, 5) is 2.64. The number of nitrogens with zero attached hydrogens (tertiary/aromatic N) is 1. The van der Waals surface area contributed by atoms with Crippen LogP contribution >= 0.6 is 11.6 Å². The smallest absolute Gasteiger partial charge is 0.0406 e. The molecule has 33 heavy (non-hydrogen) atoms. The van der Waals surface area contributed by atoms with Gasteiger partial charge < -0.3 is 5.32 Å². The van der Waals surface area contributed by atoms with E-state index in [4.69, 9.17) is 11.6 Å². The molecule has 0 spiro atoms. The number of likely N-dealkylation sites (tertiary alicyclic amines) is 1.